The number of rotatable bonds is 6. The summed E-state index contributed by atoms with van der Waals surface area (Å²) in [7, 11) is 4.89. The average Bonchev–Trinajstić information content (AvgIpc) is 3.15. The van der Waals surface area contributed by atoms with Crippen molar-refractivity contribution in [2.45, 2.75) is 13.5 Å². The van der Waals surface area contributed by atoms with Gasteiger partial charge in [0.2, 0.25) is 11.7 Å². The Hall–Kier alpha value is -3.35. The quantitative estimate of drug-likeness (QED) is 0.665. The molecule has 0 fully saturated rings. The van der Waals surface area contributed by atoms with Gasteiger partial charge in [0, 0.05) is 18.2 Å². The number of hydrogen-bond acceptors (Lipinski definition) is 6. The predicted molar refractivity (Wildman–Crippen MR) is 99.8 cm³/mol. The minimum atomic E-state index is -0.137. The van der Waals surface area contributed by atoms with Crippen molar-refractivity contribution in [2.24, 2.45) is 0 Å². The predicted octanol–water partition coefficient (Wildman–Crippen LogP) is 3.33. The maximum Gasteiger partial charge on any atom is 0.254 e. The summed E-state index contributed by atoms with van der Waals surface area (Å²) in [6.45, 7) is 2.11. The highest BCUT2D eigenvalue weighted by Crippen LogP contribution is 2.22. The summed E-state index contributed by atoms with van der Waals surface area (Å²) >= 11 is 0. The van der Waals surface area contributed by atoms with Gasteiger partial charge in [-0.1, -0.05) is 17.3 Å². The summed E-state index contributed by atoms with van der Waals surface area (Å²) < 4.78 is 15.7. The van der Waals surface area contributed by atoms with Gasteiger partial charge in [-0.15, -0.1) is 0 Å². The molecule has 27 heavy (non-hydrogen) atoms. The maximum atomic E-state index is 12.6. The third kappa shape index (κ3) is 4.08. The molecule has 1 amide bonds. The molecule has 7 nitrogen and oxygen atoms in total. The van der Waals surface area contributed by atoms with Gasteiger partial charge < -0.3 is 18.9 Å². The van der Waals surface area contributed by atoms with E-state index in [-0.39, 0.29) is 12.5 Å². The third-order valence-electron chi connectivity index (χ3n) is 4.16. The minimum Gasteiger partial charge on any atom is -0.497 e. The molecule has 1 aromatic heterocycles. The van der Waals surface area contributed by atoms with E-state index < -0.39 is 0 Å². The Morgan fingerprint density at radius 3 is 2.67 bits per heavy atom. The lowest BCUT2D eigenvalue weighted by molar-refractivity contribution is 0.0769. The van der Waals surface area contributed by atoms with E-state index in [1.165, 1.54) is 4.90 Å². The van der Waals surface area contributed by atoms with Crippen LogP contribution in [0.15, 0.2) is 47.0 Å². The summed E-state index contributed by atoms with van der Waals surface area (Å²) in [5.74, 6) is 2.12. The molecule has 7 heteroatoms. The molecule has 140 valence electrons. The first kappa shape index (κ1) is 18.4. The van der Waals surface area contributed by atoms with Crippen molar-refractivity contribution in [3.63, 3.8) is 0 Å². The number of methoxy groups -OCH3 is 2. The number of carbonyl (C=O) groups is 1. The molecule has 2 aromatic carbocycles. The number of ether oxygens (including phenoxy) is 2. The SMILES string of the molecule is COc1cccc(-c2noc(CN(C)C(=O)c3ccc(OC)c(C)c3)n2)c1. The Balaban J connectivity index is 1.72. The fourth-order valence-electron chi connectivity index (χ4n) is 2.71. The van der Waals surface area contributed by atoms with Gasteiger partial charge in [0.1, 0.15) is 11.5 Å². The average molecular weight is 367 g/mol. The zero-order chi connectivity index (χ0) is 19.4. The molecule has 0 unspecified atom stereocenters. The van der Waals surface area contributed by atoms with Crippen molar-refractivity contribution >= 4 is 5.91 Å². The summed E-state index contributed by atoms with van der Waals surface area (Å²) in [6.07, 6.45) is 0. The van der Waals surface area contributed by atoms with E-state index in [1.54, 1.807) is 39.5 Å². The maximum absolute atomic E-state index is 12.6. The Morgan fingerprint density at radius 2 is 1.96 bits per heavy atom. The lowest BCUT2D eigenvalue weighted by Gasteiger charge is -2.15. The topological polar surface area (TPSA) is 77.7 Å². The van der Waals surface area contributed by atoms with Crippen LogP contribution in [-0.2, 0) is 6.54 Å². The van der Waals surface area contributed by atoms with Gasteiger partial charge in [-0.25, -0.2) is 0 Å². The Morgan fingerprint density at radius 1 is 1.15 bits per heavy atom. The van der Waals surface area contributed by atoms with Crippen LogP contribution in [0.3, 0.4) is 0 Å². The Kier molecular flexibility index (Phi) is 5.40. The van der Waals surface area contributed by atoms with Crippen LogP contribution in [0.1, 0.15) is 21.8 Å². The molecular formula is C20H21N3O4. The van der Waals surface area contributed by atoms with E-state index in [2.05, 4.69) is 10.1 Å². The van der Waals surface area contributed by atoms with Crippen LogP contribution in [0.4, 0.5) is 0 Å². The highest BCUT2D eigenvalue weighted by Gasteiger charge is 2.17. The molecule has 0 saturated carbocycles. The first-order chi connectivity index (χ1) is 13.0. The van der Waals surface area contributed by atoms with Crippen molar-refractivity contribution < 1.29 is 18.8 Å². The Bertz CT molecular complexity index is 952. The van der Waals surface area contributed by atoms with Crippen molar-refractivity contribution in [2.75, 3.05) is 21.3 Å². The van der Waals surface area contributed by atoms with Gasteiger partial charge in [-0.05, 0) is 42.8 Å². The molecule has 3 aromatic rings. The molecule has 0 radical (unpaired) electrons. The molecule has 0 bridgehead atoms. The first-order valence-corrected chi connectivity index (χ1v) is 8.39. The number of aromatic nitrogens is 2. The van der Waals surface area contributed by atoms with Crippen molar-refractivity contribution in [1.82, 2.24) is 15.0 Å². The minimum absolute atomic E-state index is 0.137. The fraction of sp³-hybridized carbons (Fsp3) is 0.250. The van der Waals surface area contributed by atoms with Gasteiger partial charge >= 0.3 is 0 Å². The van der Waals surface area contributed by atoms with E-state index in [0.717, 1.165) is 16.9 Å². The van der Waals surface area contributed by atoms with Crippen LogP contribution in [0.25, 0.3) is 11.4 Å². The zero-order valence-electron chi connectivity index (χ0n) is 15.7. The molecule has 3 rings (SSSR count). The van der Waals surface area contributed by atoms with Crippen LogP contribution >= 0.6 is 0 Å². The lowest BCUT2D eigenvalue weighted by atomic mass is 10.1. The number of hydrogen-bond donors (Lipinski definition) is 0. The van der Waals surface area contributed by atoms with E-state index in [9.17, 15) is 4.79 Å². The molecule has 0 aliphatic carbocycles. The molecule has 0 N–H and O–H groups in total. The molecule has 0 spiro atoms. The molecule has 0 aliphatic rings. The second kappa shape index (κ2) is 7.90. The van der Waals surface area contributed by atoms with Crippen molar-refractivity contribution in [1.29, 1.82) is 0 Å². The highest BCUT2D eigenvalue weighted by molar-refractivity contribution is 5.94. The normalized spacial score (nSPS) is 10.5. The molecular weight excluding hydrogens is 346 g/mol. The highest BCUT2D eigenvalue weighted by atomic mass is 16.5. The largest absolute Gasteiger partial charge is 0.497 e. The summed E-state index contributed by atoms with van der Waals surface area (Å²) in [5.41, 5.74) is 2.25. The monoisotopic (exact) mass is 367 g/mol. The van der Waals surface area contributed by atoms with Crippen LogP contribution in [-0.4, -0.2) is 42.2 Å². The lowest BCUT2D eigenvalue weighted by Crippen LogP contribution is -2.26. The smallest absolute Gasteiger partial charge is 0.254 e. The zero-order valence-corrected chi connectivity index (χ0v) is 15.7. The van der Waals surface area contributed by atoms with Gasteiger partial charge in [0.15, 0.2) is 0 Å². The van der Waals surface area contributed by atoms with Crippen molar-refractivity contribution in [3.8, 4) is 22.9 Å². The molecule has 1 heterocycles. The fourth-order valence-corrected chi connectivity index (χ4v) is 2.71. The van der Waals surface area contributed by atoms with E-state index in [1.807, 2.05) is 31.2 Å². The van der Waals surface area contributed by atoms with Crippen LogP contribution in [0.2, 0.25) is 0 Å². The van der Waals surface area contributed by atoms with Gasteiger partial charge in [-0.3, -0.25) is 4.79 Å². The number of aryl methyl sites for hydroxylation is 1. The number of carbonyl (C=O) groups excluding carboxylic acids is 1. The van der Waals surface area contributed by atoms with E-state index >= 15 is 0 Å². The standard InChI is InChI=1S/C20H21N3O4/c1-13-10-15(8-9-17(13)26-4)20(24)23(2)12-18-21-19(22-27-18)14-6-5-7-16(11-14)25-3/h5-11H,12H2,1-4H3. The summed E-state index contributed by atoms with van der Waals surface area (Å²) in [6, 6.07) is 12.7. The molecule has 0 saturated heterocycles. The number of amides is 1. The number of benzene rings is 2. The summed E-state index contributed by atoms with van der Waals surface area (Å²) in [4.78, 5) is 18.5. The van der Waals surface area contributed by atoms with Gasteiger partial charge in [-0.2, -0.15) is 4.98 Å². The number of nitrogens with zero attached hydrogens (tertiary/aromatic N) is 3. The van der Waals surface area contributed by atoms with E-state index in [4.69, 9.17) is 14.0 Å². The third-order valence-corrected chi connectivity index (χ3v) is 4.16. The first-order valence-electron chi connectivity index (χ1n) is 8.39. The second-order valence-corrected chi connectivity index (χ2v) is 6.09. The summed E-state index contributed by atoms with van der Waals surface area (Å²) in [5, 5.41) is 3.99. The molecule has 0 atom stereocenters. The van der Waals surface area contributed by atoms with Crippen LogP contribution in [0, 0.1) is 6.92 Å². The van der Waals surface area contributed by atoms with Gasteiger partial charge in [0.05, 0.1) is 20.8 Å². The van der Waals surface area contributed by atoms with Crippen LogP contribution in [0.5, 0.6) is 11.5 Å². The van der Waals surface area contributed by atoms with Gasteiger partial charge in [0.25, 0.3) is 5.91 Å². The van der Waals surface area contributed by atoms with Crippen LogP contribution < -0.4 is 9.47 Å². The van der Waals surface area contributed by atoms with Crippen molar-refractivity contribution in [3.05, 3.63) is 59.5 Å². The van der Waals surface area contributed by atoms with E-state index in [0.29, 0.717) is 23.0 Å². The second-order valence-electron chi connectivity index (χ2n) is 6.09. The molecule has 0 aliphatic heterocycles. The Labute approximate surface area is 157 Å².